The Morgan fingerprint density at radius 2 is 0.800 bits per heavy atom. The SMILES string of the molecule is CCCCC/C=C\C/C=C\CCCCCCCC(=O)OCC(COC1OC(C(=O)O)C(O)C(O)C1OC(=O)CCCCCCCCCCCCCCCCCCC)OC(=O)CCCCCCC/C=C\CCCCCC. The molecular weight excluding hydrogens is 949 g/mol. The zero-order chi connectivity index (χ0) is 54.7. The number of carbonyl (C=O) groups is 4. The molecule has 0 bridgehead atoms. The summed E-state index contributed by atoms with van der Waals surface area (Å²) in [5.41, 5.74) is 0. The molecule has 1 fully saturated rings. The highest BCUT2D eigenvalue weighted by Crippen LogP contribution is 2.27. The normalized spacial score (nSPS) is 18.3. The molecule has 3 N–H and O–H groups in total. The first-order valence-corrected chi connectivity index (χ1v) is 31.0. The molecule has 0 radical (unpaired) electrons. The first kappa shape index (κ1) is 70.0. The lowest BCUT2D eigenvalue weighted by atomic mass is 9.98. The maximum absolute atomic E-state index is 13.1. The molecule has 12 heteroatoms. The summed E-state index contributed by atoms with van der Waals surface area (Å²) in [5.74, 6) is -3.12. The van der Waals surface area contributed by atoms with Gasteiger partial charge in [-0.05, 0) is 77.0 Å². The summed E-state index contributed by atoms with van der Waals surface area (Å²) in [6.45, 7) is 5.96. The van der Waals surface area contributed by atoms with Gasteiger partial charge in [0.2, 0.25) is 0 Å². The molecule has 0 saturated carbocycles. The van der Waals surface area contributed by atoms with E-state index >= 15 is 0 Å². The molecule has 12 nitrogen and oxygen atoms in total. The smallest absolute Gasteiger partial charge is 0.335 e. The highest BCUT2D eigenvalue weighted by Gasteiger charge is 2.50. The van der Waals surface area contributed by atoms with E-state index in [1.54, 1.807) is 0 Å². The van der Waals surface area contributed by atoms with Gasteiger partial charge in [-0.2, -0.15) is 0 Å². The first-order chi connectivity index (χ1) is 36.6. The largest absolute Gasteiger partial charge is 0.479 e. The number of hydrogen-bond donors (Lipinski definition) is 3. The van der Waals surface area contributed by atoms with Crippen molar-refractivity contribution in [2.24, 2.45) is 0 Å². The molecule has 0 amide bonds. The minimum Gasteiger partial charge on any atom is -0.479 e. The Morgan fingerprint density at radius 3 is 1.25 bits per heavy atom. The summed E-state index contributed by atoms with van der Waals surface area (Å²) >= 11 is 0. The number of aliphatic hydroxyl groups excluding tert-OH is 2. The van der Waals surface area contributed by atoms with Gasteiger partial charge in [-0.25, -0.2) is 4.79 Å². The Bertz CT molecular complexity index is 1450. The molecule has 0 aliphatic carbocycles. The van der Waals surface area contributed by atoms with Crippen LogP contribution >= 0.6 is 0 Å². The van der Waals surface area contributed by atoms with E-state index in [0.29, 0.717) is 19.3 Å². The van der Waals surface area contributed by atoms with Gasteiger partial charge < -0.3 is 39.0 Å². The van der Waals surface area contributed by atoms with E-state index in [1.807, 2.05) is 0 Å². The van der Waals surface area contributed by atoms with Gasteiger partial charge in [0.15, 0.2) is 24.6 Å². The summed E-state index contributed by atoms with van der Waals surface area (Å²) in [7, 11) is 0. The van der Waals surface area contributed by atoms with Crippen LogP contribution in [0.5, 0.6) is 0 Å². The van der Waals surface area contributed by atoms with Crippen molar-refractivity contribution in [3.05, 3.63) is 36.5 Å². The van der Waals surface area contributed by atoms with E-state index in [2.05, 4.69) is 57.2 Å². The van der Waals surface area contributed by atoms with E-state index < -0.39 is 67.3 Å². The van der Waals surface area contributed by atoms with Gasteiger partial charge in [0.1, 0.15) is 18.8 Å². The summed E-state index contributed by atoms with van der Waals surface area (Å²) in [6.07, 6.45) is 48.2. The molecule has 1 saturated heterocycles. The minimum atomic E-state index is -1.90. The van der Waals surface area contributed by atoms with E-state index in [0.717, 1.165) is 103 Å². The quantitative estimate of drug-likeness (QED) is 0.0228. The second-order valence-corrected chi connectivity index (χ2v) is 21.3. The second-order valence-electron chi connectivity index (χ2n) is 21.3. The first-order valence-electron chi connectivity index (χ1n) is 31.0. The third-order valence-electron chi connectivity index (χ3n) is 14.2. The van der Waals surface area contributed by atoms with Gasteiger partial charge in [0.25, 0.3) is 0 Å². The topological polar surface area (TPSA) is 175 Å². The molecular formula is C63H112O12. The number of rotatable bonds is 53. The highest BCUT2D eigenvalue weighted by atomic mass is 16.7. The number of aliphatic carboxylic acids is 1. The van der Waals surface area contributed by atoms with Crippen LogP contribution in [0.25, 0.3) is 0 Å². The lowest BCUT2D eigenvalue weighted by Gasteiger charge is -2.40. The molecule has 436 valence electrons. The number of carbonyl (C=O) groups excluding carboxylic acids is 3. The number of ether oxygens (including phenoxy) is 5. The molecule has 0 aromatic carbocycles. The molecule has 6 unspecified atom stereocenters. The number of unbranched alkanes of at least 4 members (excludes halogenated alkanes) is 33. The van der Waals surface area contributed by atoms with E-state index in [4.69, 9.17) is 23.7 Å². The molecule has 1 heterocycles. The number of aliphatic hydroxyl groups is 2. The number of allylic oxidation sites excluding steroid dienone is 6. The van der Waals surface area contributed by atoms with E-state index in [1.165, 1.54) is 128 Å². The molecule has 0 aromatic rings. The van der Waals surface area contributed by atoms with Gasteiger partial charge >= 0.3 is 23.9 Å². The standard InChI is InChI=1S/C63H112O12/c1-4-7-10-13-16-19-22-25-27-28-30-33-36-39-42-45-48-51-57(66)74-61-59(68)58(67)60(62(69)70)75-63(61)72-53-54(73-56(65)50-47-44-41-38-35-31-24-21-18-15-12-9-6-3)52-71-55(64)49-46-43-40-37-34-32-29-26-23-20-17-14-11-8-5-2/h17,20-21,24,26,29,54,58-61,63,67-68H,4-16,18-19,22-23,25,27-28,30-53H2,1-3H3,(H,69,70)/b20-17-,24-21-,29-26-. The van der Waals surface area contributed by atoms with Crippen LogP contribution in [-0.4, -0.2) is 89.2 Å². The summed E-state index contributed by atoms with van der Waals surface area (Å²) in [6, 6.07) is 0. The fourth-order valence-electron chi connectivity index (χ4n) is 9.39. The third-order valence-corrected chi connectivity index (χ3v) is 14.2. The van der Waals surface area contributed by atoms with Crippen molar-refractivity contribution < 1.29 is 58.2 Å². The van der Waals surface area contributed by atoms with Crippen molar-refractivity contribution in [1.82, 2.24) is 0 Å². The van der Waals surface area contributed by atoms with Crippen LogP contribution in [0.1, 0.15) is 290 Å². The number of carboxylic acid groups (broad SMARTS) is 1. The molecule has 6 atom stereocenters. The van der Waals surface area contributed by atoms with Gasteiger partial charge in [0, 0.05) is 19.3 Å². The van der Waals surface area contributed by atoms with Crippen molar-refractivity contribution in [2.75, 3.05) is 13.2 Å². The predicted octanol–water partition coefficient (Wildman–Crippen LogP) is 16.0. The molecule has 1 rings (SSSR count). The van der Waals surface area contributed by atoms with Crippen LogP contribution in [0.4, 0.5) is 0 Å². The second kappa shape index (κ2) is 51.7. The highest BCUT2D eigenvalue weighted by molar-refractivity contribution is 5.74. The molecule has 1 aliphatic rings. The number of carboxylic acids is 1. The average Bonchev–Trinajstić information content (AvgIpc) is 3.39. The summed E-state index contributed by atoms with van der Waals surface area (Å²) in [5, 5.41) is 31.5. The maximum Gasteiger partial charge on any atom is 0.335 e. The third kappa shape index (κ3) is 41.7. The number of hydrogen-bond acceptors (Lipinski definition) is 11. The molecule has 0 aromatic heterocycles. The van der Waals surface area contributed by atoms with Crippen LogP contribution in [0.2, 0.25) is 0 Å². The van der Waals surface area contributed by atoms with Crippen molar-refractivity contribution in [3.63, 3.8) is 0 Å². The fraction of sp³-hybridized carbons (Fsp3) is 0.841. The van der Waals surface area contributed by atoms with Gasteiger partial charge in [-0.1, -0.05) is 231 Å². The van der Waals surface area contributed by atoms with Crippen molar-refractivity contribution in [3.8, 4) is 0 Å². The maximum atomic E-state index is 13.1. The van der Waals surface area contributed by atoms with Crippen molar-refractivity contribution in [2.45, 2.75) is 327 Å². The Labute approximate surface area is 457 Å². The Morgan fingerprint density at radius 1 is 0.440 bits per heavy atom. The monoisotopic (exact) mass is 1060 g/mol. The van der Waals surface area contributed by atoms with Crippen molar-refractivity contribution >= 4 is 23.9 Å². The van der Waals surface area contributed by atoms with Gasteiger partial charge in [0.05, 0.1) is 6.61 Å². The zero-order valence-electron chi connectivity index (χ0n) is 48.1. The molecule has 75 heavy (non-hydrogen) atoms. The Kier molecular flexibility index (Phi) is 48.2. The fourth-order valence-corrected chi connectivity index (χ4v) is 9.39. The zero-order valence-corrected chi connectivity index (χ0v) is 48.1. The van der Waals surface area contributed by atoms with Crippen LogP contribution in [0.15, 0.2) is 36.5 Å². The van der Waals surface area contributed by atoms with Crippen LogP contribution < -0.4 is 0 Å². The van der Waals surface area contributed by atoms with E-state index in [9.17, 15) is 34.5 Å². The van der Waals surface area contributed by atoms with Gasteiger partial charge in [-0.15, -0.1) is 0 Å². The van der Waals surface area contributed by atoms with Crippen LogP contribution in [0.3, 0.4) is 0 Å². The van der Waals surface area contributed by atoms with Crippen LogP contribution in [-0.2, 0) is 42.9 Å². The molecule has 0 spiro atoms. The van der Waals surface area contributed by atoms with Crippen molar-refractivity contribution in [1.29, 1.82) is 0 Å². The predicted molar refractivity (Wildman–Crippen MR) is 303 cm³/mol. The molecule has 1 aliphatic heterocycles. The minimum absolute atomic E-state index is 0.0636. The average molecular weight is 1060 g/mol. The Balaban J connectivity index is 2.67. The van der Waals surface area contributed by atoms with Gasteiger partial charge in [-0.3, -0.25) is 14.4 Å². The summed E-state index contributed by atoms with van der Waals surface area (Å²) in [4.78, 5) is 51.2. The number of esters is 3. The lowest BCUT2D eigenvalue weighted by Crippen LogP contribution is -2.61. The lowest BCUT2D eigenvalue weighted by molar-refractivity contribution is -0.301. The van der Waals surface area contributed by atoms with E-state index in [-0.39, 0.29) is 25.9 Å². The summed E-state index contributed by atoms with van der Waals surface area (Å²) < 4.78 is 28.5. The Hall–Kier alpha value is -3.06. The van der Waals surface area contributed by atoms with Crippen LogP contribution in [0, 0.1) is 0 Å².